The number of nitrogens with zero attached hydrogens (tertiary/aromatic N) is 2. The van der Waals surface area contributed by atoms with Crippen LogP contribution in [-0.2, 0) is 25.6 Å². The number of carbonyl (C=O) groups is 3. The minimum atomic E-state index is -0.743. The SMILES string of the molecule is COC(CNC(=O)C(=O)c1cn(CC(=O)N2CCCC2)c2ccccc12)OC. The van der Waals surface area contributed by atoms with Crippen molar-refractivity contribution in [3.8, 4) is 0 Å². The third kappa shape index (κ3) is 4.23. The summed E-state index contributed by atoms with van der Waals surface area (Å²) in [7, 11) is 2.90. The molecule has 2 heterocycles. The highest BCUT2D eigenvalue weighted by atomic mass is 16.7. The lowest BCUT2D eigenvalue weighted by molar-refractivity contribution is -0.130. The highest BCUT2D eigenvalue weighted by Crippen LogP contribution is 2.22. The van der Waals surface area contributed by atoms with Gasteiger partial charge in [-0.3, -0.25) is 14.4 Å². The molecule has 1 fully saturated rings. The number of benzene rings is 1. The van der Waals surface area contributed by atoms with Crippen LogP contribution in [0.3, 0.4) is 0 Å². The Morgan fingerprint density at radius 1 is 1.11 bits per heavy atom. The first-order chi connectivity index (χ1) is 13.5. The maximum atomic E-state index is 12.7. The van der Waals surface area contributed by atoms with Crippen molar-refractivity contribution >= 4 is 28.5 Å². The molecule has 1 aliphatic heterocycles. The predicted molar refractivity (Wildman–Crippen MR) is 103 cm³/mol. The Morgan fingerprint density at radius 3 is 2.46 bits per heavy atom. The summed E-state index contributed by atoms with van der Waals surface area (Å²) >= 11 is 0. The molecule has 3 rings (SSSR count). The molecule has 28 heavy (non-hydrogen) atoms. The second kappa shape index (κ2) is 8.99. The third-order valence-electron chi connectivity index (χ3n) is 4.96. The molecule has 8 heteroatoms. The number of ether oxygens (including phenoxy) is 2. The molecule has 0 saturated carbocycles. The average Bonchev–Trinajstić information content (AvgIpc) is 3.37. The summed E-state index contributed by atoms with van der Waals surface area (Å²) in [5.74, 6) is -1.38. The Morgan fingerprint density at radius 2 is 1.79 bits per heavy atom. The van der Waals surface area contributed by atoms with Gasteiger partial charge in [0, 0.05) is 44.4 Å². The van der Waals surface area contributed by atoms with Gasteiger partial charge in [-0.05, 0) is 18.9 Å². The van der Waals surface area contributed by atoms with E-state index in [1.807, 2.05) is 17.0 Å². The zero-order chi connectivity index (χ0) is 20.1. The Hall–Kier alpha value is -2.71. The lowest BCUT2D eigenvalue weighted by Gasteiger charge is -2.16. The van der Waals surface area contributed by atoms with Gasteiger partial charge in [0.1, 0.15) is 6.54 Å². The molecule has 0 radical (unpaired) electrons. The molecular weight excluding hydrogens is 362 g/mol. The van der Waals surface area contributed by atoms with Crippen molar-refractivity contribution in [1.29, 1.82) is 0 Å². The summed E-state index contributed by atoms with van der Waals surface area (Å²) in [6, 6.07) is 7.26. The number of fused-ring (bicyclic) bond motifs is 1. The normalized spacial score (nSPS) is 14.0. The number of ketones is 1. The van der Waals surface area contributed by atoms with E-state index in [0.29, 0.717) is 5.39 Å². The van der Waals surface area contributed by atoms with Crippen LogP contribution in [0.2, 0.25) is 0 Å². The molecule has 2 aromatic rings. The summed E-state index contributed by atoms with van der Waals surface area (Å²) < 4.78 is 11.8. The number of hydrogen-bond donors (Lipinski definition) is 1. The highest BCUT2D eigenvalue weighted by Gasteiger charge is 2.24. The van der Waals surface area contributed by atoms with Gasteiger partial charge in [-0.2, -0.15) is 0 Å². The van der Waals surface area contributed by atoms with Crippen LogP contribution in [0.5, 0.6) is 0 Å². The number of methoxy groups -OCH3 is 2. The molecule has 0 unspecified atom stereocenters. The third-order valence-corrected chi connectivity index (χ3v) is 4.96. The molecule has 150 valence electrons. The van der Waals surface area contributed by atoms with Gasteiger partial charge >= 0.3 is 0 Å². The van der Waals surface area contributed by atoms with Crippen LogP contribution in [0.15, 0.2) is 30.5 Å². The number of aromatic nitrogens is 1. The van der Waals surface area contributed by atoms with Crippen molar-refractivity contribution in [3.63, 3.8) is 0 Å². The second-order valence-corrected chi connectivity index (χ2v) is 6.72. The van der Waals surface area contributed by atoms with Gasteiger partial charge < -0.3 is 24.3 Å². The molecule has 0 bridgehead atoms. The first-order valence-electron chi connectivity index (χ1n) is 9.29. The van der Waals surface area contributed by atoms with Crippen LogP contribution < -0.4 is 5.32 Å². The molecular formula is C20H25N3O5. The Balaban J connectivity index is 1.80. The van der Waals surface area contributed by atoms with Crippen LogP contribution in [0, 0.1) is 0 Å². The number of nitrogens with one attached hydrogen (secondary N) is 1. The van der Waals surface area contributed by atoms with Gasteiger partial charge in [-0.25, -0.2) is 0 Å². The number of amides is 2. The zero-order valence-electron chi connectivity index (χ0n) is 16.1. The number of para-hydroxylation sites is 1. The van der Waals surface area contributed by atoms with E-state index in [9.17, 15) is 14.4 Å². The minimum Gasteiger partial charge on any atom is -0.354 e. The maximum Gasteiger partial charge on any atom is 0.292 e. The quantitative estimate of drug-likeness (QED) is 0.417. The van der Waals surface area contributed by atoms with Gasteiger partial charge in [0.25, 0.3) is 11.7 Å². The zero-order valence-corrected chi connectivity index (χ0v) is 16.1. The van der Waals surface area contributed by atoms with E-state index in [1.54, 1.807) is 22.9 Å². The number of hydrogen-bond acceptors (Lipinski definition) is 5. The van der Waals surface area contributed by atoms with E-state index in [1.165, 1.54) is 14.2 Å². The number of rotatable bonds is 8. The lowest BCUT2D eigenvalue weighted by Crippen LogP contribution is -2.38. The van der Waals surface area contributed by atoms with Gasteiger partial charge in [0.15, 0.2) is 6.29 Å². The molecule has 1 aliphatic rings. The Kier molecular flexibility index (Phi) is 6.43. The van der Waals surface area contributed by atoms with Gasteiger partial charge in [-0.15, -0.1) is 0 Å². The molecule has 8 nitrogen and oxygen atoms in total. The summed E-state index contributed by atoms with van der Waals surface area (Å²) in [6.45, 7) is 1.74. The summed E-state index contributed by atoms with van der Waals surface area (Å²) in [5, 5.41) is 3.16. The molecule has 1 saturated heterocycles. The van der Waals surface area contributed by atoms with E-state index in [-0.39, 0.29) is 24.6 Å². The molecule has 1 aromatic carbocycles. The van der Waals surface area contributed by atoms with Gasteiger partial charge in [-0.1, -0.05) is 18.2 Å². The van der Waals surface area contributed by atoms with Crippen molar-refractivity contribution in [2.45, 2.75) is 25.7 Å². The van der Waals surface area contributed by atoms with Crippen LogP contribution in [0.4, 0.5) is 0 Å². The van der Waals surface area contributed by atoms with Gasteiger partial charge in [0.2, 0.25) is 5.91 Å². The Labute approximate surface area is 163 Å². The van der Waals surface area contributed by atoms with Crippen molar-refractivity contribution < 1.29 is 23.9 Å². The van der Waals surface area contributed by atoms with Gasteiger partial charge in [0.05, 0.1) is 12.1 Å². The van der Waals surface area contributed by atoms with E-state index >= 15 is 0 Å². The molecule has 0 atom stereocenters. The average molecular weight is 387 g/mol. The van der Waals surface area contributed by atoms with E-state index < -0.39 is 18.0 Å². The van der Waals surface area contributed by atoms with E-state index in [4.69, 9.17) is 9.47 Å². The van der Waals surface area contributed by atoms with Crippen LogP contribution in [0.1, 0.15) is 23.2 Å². The first-order valence-corrected chi connectivity index (χ1v) is 9.29. The number of Topliss-reactive ketones (excluding diaryl/α,β-unsaturated/α-hetero) is 1. The fourth-order valence-corrected chi connectivity index (χ4v) is 3.41. The number of carbonyl (C=O) groups excluding carboxylic acids is 3. The Bertz CT molecular complexity index is 866. The van der Waals surface area contributed by atoms with Crippen LogP contribution >= 0.6 is 0 Å². The minimum absolute atomic E-state index is 0.0183. The molecule has 1 aromatic heterocycles. The van der Waals surface area contributed by atoms with Crippen molar-refractivity contribution in [1.82, 2.24) is 14.8 Å². The second-order valence-electron chi connectivity index (χ2n) is 6.72. The topological polar surface area (TPSA) is 89.9 Å². The van der Waals surface area contributed by atoms with Crippen LogP contribution in [0.25, 0.3) is 10.9 Å². The highest BCUT2D eigenvalue weighted by molar-refractivity contribution is 6.45. The lowest BCUT2D eigenvalue weighted by atomic mass is 10.1. The molecule has 0 spiro atoms. The smallest absolute Gasteiger partial charge is 0.292 e. The van der Waals surface area contributed by atoms with Crippen LogP contribution in [-0.4, -0.2) is 67.2 Å². The largest absolute Gasteiger partial charge is 0.354 e. The predicted octanol–water partition coefficient (Wildman–Crippen LogP) is 1.18. The molecule has 1 N–H and O–H groups in total. The summed E-state index contributed by atoms with van der Waals surface area (Å²) in [6.07, 6.45) is 3.00. The summed E-state index contributed by atoms with van der Waals surface area (Å²) in [4.78, 5) is 39.4. The molecule has 2 amide bonds. The fourth-order valence-electron chi connectivity index (χ4n) is 3.41. The maximum absolute atomic E-state index is 12.7. The van der Waals surface area contributed by atoms with Crippen molar-refractivity contribution in [3.05, 3.63) is 36.0 Å². The number of likely N-dealkylation sites (tertiary alicyclic amines) is 1. The monoisotopic (exact) mass is 387 g/mol. The molecule has 0 aliphatic carbocycles. The van der Waals surface area contributed by atoms with Crippen molar-refractivity contribution in [2.24, 2.45) is 0 Å². The standard InChI is InChI=1S/C20H25N3O5/c1-27-18(28-2)11-21-20(26)19(25)15-12-23(16-8-4-3-7-14(15)16)13-17(24)22-9-5-6-10-22/h3-4,7-8,12,18H,5-6,9-11,13H2,1-2H3,(H,21,26). The van der Waals surface area contributed by atoms with E-state index in [2.05, 4.69) is 5.32 Å². The fraction of sp³-hybridized carbons (Fsp3) is 0.450. The van der Waals surface area contributed by atoms with Crippen molar-refractivity contribution in [2.75, 3.05) is 33.9 Å². The summed E-state index contributed by atoms with van der Waals surface area (Å²) in [5.41, 5.74) is 1.02. The first kappa shape index (κ1) is 20.0. The van der Waals surface area contributed by atoms with E-state index in [0.717, 1.165) is 31.4 Å².